The van der Waals surface area contributed by atoms with Gasteiger partial charge in [-0.05, 0) is 39.8 Å². The number of amides is 1. The molecule has 4 nitrogen and oxygen atoms in total. The van der Waals surface area contributed by atoms with Gasteiger partial charge in [0.1, 0.15) is 0 Å². The molecule has 112 valence electrons. The topological polar surface area (TPSA) is 44.4 Å². The van der Waals surface area contributed by atoms with Gasteiger partial charge in [-0.25, -0.2) is 0 Å². The molecule has 0 radical (unpaired) electrons. The number of nitrogens with one attached hydrogen (secondary N) is 2. The van der Waals surface area contributed by atoms with E-state index in [2.05, 4.69) is 10.6 Å². The monoisotopic (exact) mass is 281 g/mol. The van der Waals surface area contributed by atoms with Crippen molar-refractivity contribution in [3.8, 4) is 0 Å². The maximum Gasteiger partial charge on any atom is 0.401 e. The van der Waals surface area contributed by atoms with Gasteiger partial charge in [0.15, 0.2) is 0 Å². The number of carbonyl (C=O) groups excluding carboxylic acids is 1. The van der Waals surface area contributed by atoms with Crippen LogP contribution in [0.5, 0.6) is 0 Å². The minimum Gasteiger partial charge on any atom is -0.355 e. The summed E-state index contributed by atoms with van der Waals surface area (Å²) in [6.45, 7) is 4.08. The number of carbonyl (C=O) groups is 1. The lowest BCUT2D eigenvalue weighted by Gasteiger charge is -2.38. The van der Waals surface area contributed by atoms with E-state index in [1.807, 2.05) is 0 Å². The van der Waals surface area contributed by atoms with Gasteiger partial charge in [0, 0.05) is 12.6 Å². The number of rotatable bonds is 5. The Kier molecular flexibility index (Phi) is 6.06. The van der Waals surface area contributed by atoms with Crippen LogP contribution >= 0.6 is 0 Å². The smallest absolute Gasteiger partial charge is 0.355 e. The first-order valence-electron chi connectivity index (χ1n) is 6.66. The summed E-state index contributed by atoms with van der Waals surface area (Å²) in [5.74, 6) is -0.342. The van der Waals surface area contributed by atoms with Gasteiger partial charge >= 0.3 is 6.18 Å². The van der Waals surface area contributed by atoms with Crippen LogP contribution in [0.3, 0.4) is 0 Å². The van der Waals surface area contributed by atoms with Crippen LogP contribution in [0.1, 0.15) is 26.7 Å². The van der Waals surface area contributed by atoms with Crippen molar-refractivity contribution in [1.82, 2.24) is 15.5 Å². The second kappa shape index (κ2) is 7.09. The lowest BCUT2D eigenvalue weighted by atomic mass is 10.0. The van der Waals surface area contributed by atoms with Gasteiger partial charge in [-0.3, -0.25) is 9.69 Å². The molecule has 19 heavy (non-hydrogen) atoms. The second-order valence-corrected chi connectivity index (χ2v) is 4.84. The predicted molar refractivity (Wildman–Crippen MR) is 66.8 cm³/mol. The second-order valence-electron chi connectivity index (χ2n) is 4.84. The van der Waals surface area contributed by atoms with Gasteiger partial charge in [-0.15, -0.1) is 0 Å². The Morgan fingerprint density at radius 3 is 2.47 bits per heavy atom. The summed E-state index contributed by atoms with van der Waals surface area (Å²) >= 11 is 0. The summed E-state index contributed by atoms with van der Waals surface area (Å²) in [5.41, 5.74) is 0. The molecule has 1 amide bonds. The largest absolute Gasteiger partial charge is 0.401 e. The molecule has 0 aliphatic carbocycles. The van der Waals surface area contributed by atoms with Crippen LogP contribution in [0.25, 0.3) is 0 Å². The number of nitrogens with zero attached hydrogens (tertiary/aromatic N) is 1. The first-order chi connectivity index (χ1) is 8.85. The molecule has 0 spiro atoms. The van der Waals surface area contributed by atoms with Crippen molar-refractivity contribution in [1.29, 1.82) is 0 Å². The number of hydrogen-bond acceptors (Lipinski definition) is 3. The molecule has 0 aromatic heterocycles. The standard InChI is InChI=1S/C12H22F3N3O/c1-3-17-11(19)9(2)18(8-12(13,14)15)10-4-6-16-7-5-10/h9-10,16H,3-8H2,1-2H3,(H,17,19). The molecular weight excluding hydrogens is 259 g/mol. The maximum absolute atomic E-state index is 12.7. The fourth-order valence-electron chi connectivity index (χ4n) is 2.40. The normalized spacial score (nSPS) is 19.5. The third-order valence-electron chi connectivity index (χ3n) is 3.37. The fraction of sp³-hybridized carbons (Fsp3) is 0.917. The van der Waals surface area contributed by atoms with Gasteiger partial charge in [0.2, 0.25) is 5.91 Å². The molecule has 0 aromatic rings. The van der Waals surface area contributed by atoms with Crippen LogP contribution < -0.4 is 10.6 Å². The Morgan fingerprint density at radius 2 is 2.00 bits per heavy atom. The fourth-order valence-corrected chi connectivity index (χ4v) is 2.40. The number of hydrogen-bond donors (Lipinski definition) is 2. The van der Waals surface area contributed by atoms with Gasteiger partial charge < -0.3 is 10.6 Å². The zero-order chi connectivity index (χ0) is 14.5. The molecule has 0 saturated carbocycles. The zero-order valence-electron chi connectivity index (χ0n) is 11.4. The molecule has 2 N–H and O–H groups in total. The van der Waals surface area contributed by atoms with E-state index in [1.54, 1.807) is 13.8 Å². The Labute approximate surface area is 111 Å². The van der Waals surface area contributed by atoms with E-state index < -0.39 is 18.8 Å². The van der Waals surface area contributed by atoms with Crippen LogP contribution in [-0.2, 0) is 4.79 Å². The molecule has 1 aliphatic rings. The van der Waals surface area contributed by atoms with E-state index in [9.17, 15) is 18.0 Å². The highest BCUT2D eigenvalue weighted by molar-refractivity contribution is 5.81. The Balaban J connectivity index is 2.75. The van der Waals surface area contributed by atoms with Crippen molar-refractivity contribution in [3.63, 3.8) is 0 Å². The molecule has 1 heterocycles. The average Bonchev–Trinajstić information content (AvgIpc) is 2.35. The highest BCUT2D eigenvalue weighted by Crippen LogP contribution is 2.23. The van der Waals surface area contributed by atoms with E-state index in [1.165, 1.54) is 4.90 Å². The Bertz CT molecular complexity index is 290. The van der Waals surface area contributed by atoms with E-state index in [0.29, 0.717) is 32.5 Å². The van der Waals surface area contributed by atoms with E-state index in [4.69, 9.17) is 0 Å². The van der Waals surface area contributed by atoms with E-state index in [0.717, 1.165) is 0 Å². The van der Waals surface area contributed by atoms with Crippen LogP contribution in [-0.4, -0.2) is 55.2 Å². The van der Waals surface area contributed by atoms with Crippen LogP contribution in [0.4, 0.5) is 13.2 Å². The minimum atomic E-state index is -4.29. The number of halogens is 3. The van der Waals surface area contributed by atoms with Crippen molar-refractivity contribution in [3.05, 3.63) is 0 Å². The van der Waals surface area contributed by atoms with Crippen LogP contribution in [0.2, 0.25) is 0 Å². The Hall–Kier alpha value is -0.820. The summed E-state index contributed by atoms with van der Waals surface area (Å²) in [6.07, 6.45) is -3.01. The molecule has 1 atom stereocenters. The van der Waals surface area contributed by atoms with Crippen LogP contribution in [0, 0.1) is 0 Å². The zero-order valence-corrected chi connectivity index (χ0v) is 11.4. The first-order valence-corrected chi connectivity index (χ1v) is 6.66. The van der Waals surface area contributed by atoms with Crippen molar-refractivity contribution >= 4 is 5.91 Å². The molecule has 1 saturated heterocycles. The highest BCUT2D eigenvalue weighted by Gasteiger charge is 2.38. The number of alkyl halides is 3. The first kappa shape index (κ1) is 16.2. The molecule has 1 aliphatic heterocycles. The lowest BCUT2D eigenvalue weighted by molar-refractivity contribution is -0.161. The van der Waals surface area contributed by atoms with Gasteiger partial charge in [0.05, 0.1) is 12.6 Å². The third-order valence-corrected chi connectivity index (χ3v) is 3.37. The minimum absolute atomic E-state index is 0.194. The SMILES string of the molecule is CCNC(=O)C(C)N(CC(F)(F)F)C1CCNCC1. The van der Waals surface area contributed by atoms with Crippen molar-refractivity contribution in [2.45, 2.75) is 44.9 Å². The molecule has 1 fully saturated rings. The number of likely N-dealkylation sites (N-methyl/N-ethyl adjacent to an activating group) is 1. The molecular formula is C12H22F3N3O. The van der Waals surface area contributed by atoms with Crippen molar-refractivity contribution in [2.75, 3.05) is 26.2 Å². The summed E-state index contributed by atoms with van der Waals surface area (Å²) < 4.78 is 38.0. The van der Waals surface area contributed by atoms with Gasteiger partial charge in [0.25, 0.3) is 0 Å². The third kappa shape index (κ3) is 5.36. The molecule has 0 aromatic carbocycles. The average molecular weight is 281 g/mol. The summed E-state index contributed by atoms with van der Waals surface area (Å²) in [5, 5.41) is 5.70. The van der Waals surface area contributed by atoms with E-state index in [-0.39, 0.29) is 11.9 Å². The van der Waals surface area contributed by atoms with Gasteiger partial charge in [-0.2, -0.15) is 13.2 Å². The van der Waals surface area contributed by atoms with Crippen molar-refractivity contribution < 1.29 is 18.0 Å². The Morgan fingerprint density at radius 1 is 1.42 bits per heavy atom. The van der Waals surface area contributed by atoms with Crippen LogP contribution in [0.15, 0.2) is 0 Å². The quantitative estimate of drug-likeness (QED) is 0.794. The number of piperidine rings is 1. The molecule has 7 heteroatoms. The van der Waals surface area contributed by atoms with Gasteiger partial charge in [-0.1, -0.05) is 0 Å². The molecule has 0 bridgehead atoms. The maximum atomic E-state index is 12.7. The van der Waals surface area contributed by atoms with Crippen molar-refractivity contribution in [2.24, 2.45) is 0 Å². The summed E-state index contributed by atoms with van der Waals surface area (Å²) in [6, 6.07) is -0.954. The molecule has 1 unspecified atom stereocenters. The molecule has 1 rings (SSSR count). The highest BCUT2D eigenvalue weighted by atomic mass is 19.4. The summed E-state index contributed by atoms with van der Waals surface area (Å²) in [7, 11) is 0. The van der Waals surface area contributed by atoms with E-state index >= 15 is 0 Å². The predicted octanol–water partition coefficient (Wildman–Crippen LogP) is 1.13. The summed E-state index contributed by atoms with van der Waals surface area (Å²) in [4.78, 5) is 13.1. The lowest BCUT2D eigenvalue weighted by Crippen LogP contribution is -2.55.